The monoisotopic (exact) mass is 426 g/mol. The van der Waals surface area contributed by atoms with Gasteiger partial charge in [-0.05, 0) is 45.1 Å². The number of hydrogen-bond donors (Lipinski definition) is 0. The summed E-state index contributed by atoms with van der Waals surface area (Å²) in [5.41, 5.74) is 3.75. The van der Waals surface area contributed by atoms with Crippen molar-refractivity contribution in [2.24, 2.45) is 5.92 Å². The van der Waals surface area contributed by atoms with Gasteiger partial charge in [0.2, 0.25) is 0 Å². The second-order valence-electron chi connectivity index (χ2n) is 9.91. The summed E-state index contributed by atoms with van der Waals surface area (Å²) in [6, 6.07) is 2.49. The van der Waals surface area contributed by atoms with Crippen molar-refractivity contribution in [3.8, 4) is 6.07 Å². The summed E-state index contributed by atoms with van der Waals surface area (Å²) in [6.45, 7) is 13.0. The quantitative estimate of drug-likeness (QED) is 0.724. The van der Waals surface area contributed by atoms with Gasteiger partial charge in [0, 0.05) is 37.5 Å². The van der Waals surface area contributed by atoms with Crippen molar-refractivity contribution in [2.75, 3.05) is 31.1 Å². The fourth-order valence-electron chi connectivity index (χ4n) is 4.83. The molecule has 3 aliphatic rings. The number of nitrogens with zero attached hydrogens (tertiary/aromatic N) is 4. The molecule has 7 heteroatoms. The number of carbonyl (C=O) groups is 1. The van der Waals surface area contributed by atoms with Crippen LogP contribution in [-0.4, -0.2) is 53.9 Å². The fourth-order valence-corrected chi connectivity index (χ4v) is 4.83. The third-order valence-corrected chi connectivity index (χ3v) is 6.70. The van der Waals surface area contributed by atoms with Crippen LogP contribution in [0.2, 0.25) is 0 Å². The normalized spacial score (nSPS) is 22.8. The smallest absolute Gasteiger partial charge is 0.410 e. The number of fused-ring (bicyclic) bond motifs is 1. The first-order chi connectivity index (χ1) is 14.8. The first kappa shape index (κ1) is 21.9. The average molecular weight is 427 g/mol. The molecule has 1 aromatic heterocycles. The van der Waals surface area contributed by atoms with E-state index in [4.69, 9.17) is 14.5 Å². The molecule has 1 atom stereocenters. The number of amides is 1. The van der Waals surface area contributed by atoms with Crippen molar-refractivity contribution >= 4 is 11.9 Å². The molecule has 3 heterocycles. The summed E-state index contributed by atoms with van der Waals surface area (Å²) in [5, 5.41) is 10.2. The Morgan fingerprint density at radius 1 is 1.32 bits per heavy atom. The zero-order chi connectivity index (χ0) is 22.3. The molecule has 1 saturated carbocycles. The highest BCUT2D eigenvalue weighted by Gasteiger charge is 2.39. The molecule has 0 radical (unpaired) electrons. The van der Waals surface area contributed by atoms with Crippen molar-refractivity contribution in [2.45, 2.75) is 78.0 Å². The van der Waals surface area contributed by atoms with E-state index in [-0.39, 0.29) is 23.7 Å². The molecule has 168 valence electrons. The minimum Gasteiger partial charge on any atom is -0.450 e. The van der Waals surface area contributed by atoms with E-state index in [1.54, 1.807) is 0 Å². The Bertz CT molecular complexity index is 901. The van der Waals surface area contributed by atoms with Gasteiger partial charge in [0.15, 0.2) is 0 Å². The standard InChI is InChI=1S/C24H34N4O3/c1-6-30-23(29)28-10-9-27(13-20(28)15(2)3)22-18(12-25)17-11-24(4,5)31-14-19(17)21(26-22)16-7-8-16/h15-16,20H,6-11,13-14H2,1-5H3. The fraction of sp³-hybridized carbons (Fsp3) is 0.708. The van der Waals surface area contributed by atoms with Crippen molar-refractivity contribution in [1.29, 1.82) is 5.26 Å². The lowest BCUT2D eigenvalue weighted by atomic mass is 9.87. The first-order valence-corrected chi connectivity index (χ1v) is 11.5. The number of aromatic nitrogens is 1. The molecule has 1 aromatic rings. The zero-order valence-corrected chi connectivity index (χ0v) is 19.4. The van der Waals surface area contributed by atoms with Crippen LogP contribution in [0.25, 0.3) is 0 Å². The maximum absolute atomic E-state index is 12.5. The Labute approximate surface area is 185 Å². The molecule has 1 amide bonds. The van der Waals surface area contributed by atoms with Gasteiger partial charge in [-0.15, -0.1) is 0 Å². The van der Waals surface area contributed by atoms with Crippen LogP contribution < -0.4 is 4.90 Å². The predicted molar refractivity (Wildman–Crippen MR) is 118 cm³/mol. The molecule has 7 nitrogen and oxygen atoms in total. The summed E-state index contributed by atoms with van der Waals surface area (Å²) in [7, 11) is 0. The van der Waals surface area contributed by atoms with E-state index in [2.05, 4.69) is 38.7 Å². The van der Waals surface area contributed by atoms with Crippen LogP contribution >= 0.6 is 0 Å². The van der Waals surface area contributed by atoms with E-state index in [9.17, 15) is 10.1 Å². The average Bonchev–Trinajstić information content (AvgIpc) is 3.56. The molecular weight excluding hydrogens is 392 g/mol. The SMILES string of the molecule is CCOC(=O)N1CCN(c2nc(C3CC3)c3c(c2C#N)CC(C)(C)OC3)CC1C(C)C. The molecule has 0 bridgehead atoms. The molecule has 0 N–H and O–H groups in total. The van der Waals surface area contributed by atoms with E-state index < -0.39 is 0 Å². The first-order valence-electron chi connectivity index (χ1n) is 11.5. The highest BCUT2D eigenvalue weighted by molar-refractivity contribution is 5.69. The van der Waals surface area contributed by atoms with Crippen LogP contribution in [0.5, 0.6) is 0 Å². The number of carbonyl (C=O) groups excluding carboxylic acids is 1. The Morgan fingerprint density at radius 3 is 2.68 bits per heavy atom. The van der Waals surface area contributed by atoms with Gasteiger partial charge in [0.05, 0.1) is 36.1 Å². The van der Waals surface area contributed by atoms with Crippen LogP contribution in [0.15, 0.2) is 0 Å². The van der Waals surface area contributed by atoms with E-state index >= 15 is 0 Å². The zero-order valence-electron chi connectivity index (χ0n) is 19.4. The number of piperazine rings is 1. The van der Waals surface area contributed by atoms with E-state index in [0.717, 1.165) is 41.9 Å². The maximum atomic E-state index is 12.5. The van der Waals surface area contributed by atoms with Crippen LogP contribution in [0, 0.1) is 17.2 Å². The highest BCUT2D eigenvalue weighted by atomic mass is 16.6. The number of anilines is 1. The topological polar surface area (TPSA) is 78.7 Å². The molecule has 2 aliphatic heterocycles. The lowest BCUT2D eigenvalue weighted by Gasteiger charge is -2.44. The molecule has 1 unspecified atom stereocenters. The Hall–Kier alpha value is -2.33. The molecule has 0 aromatic carbocycles. The summed E-state index contributed by atoms with van der Waals surface area (Å²) in [5.74, 6) is 1.53. The number of hydrogen-bond acceptors (Lipinski definition) is 6. The third-order valence-electron chi connectivity index (χ3n) is 6.70. The third kappa shape index (κ3) is 4.23. The van der Waals surface area contributed by atoms with Crippen molar-refractivity contribution in [1.82, 2.24) is 9.88 Å². The summed E-state index contributed by atoms with van der Waals surface area (Å²) in [6.07, 6.45) is 2.77. The number of nitriles is 1. The van der Waals surface area contributed by atoms with Gasteiger partial charge in [-0.25, -0.2) is 9.78 Å². The van der Waals surface area contributed by atoms with Crippen LogP contribution in [0.3, 0.4) is 0 Å². The van der Waals surface area contributed by atoms with Crippen LogP contribution in [-0.2, 0) is 22.5 Å². The van der Waals surface area contributed by atoms with Gasteiger partial charge in [0.25, 0.3) is 0 Å². The molecule has 1 aliphatic carbocycles. The Kier molecular flexibility index (Phi) is 5.87. The number of rotatable bonds is 4. The van der Waals surface area contributed by atoms with Crippen molar-refractivity contribution in [3.63, 3.8) is 0 Å². The molecular formula is C24H34N4O3. The van der Waals surface area contributed by atoms with Gasteiger partial charge in [-0.2, -0.15) is 5.26 Å². The highest BCUT2D eigenvalue weighted by Crippen LogP contribution is 2.46. The van der Waals surface area contributed by atoms with E-state index in [1.807, 2.05) is 11.8 Å². The van der Waals surface area contributed by atoms with Crippen LogP contribution in [0.1, 0.15) is 75.8 Å². The van der Waals surface area contributed by atoms with Crippen LogP contribution in [0.4, 0.5) is 10.6 Å². The molecule has 1 saturated heterocycles. The summed E-state index contributed by atoms with van der Waals surface area (Å²) in [4.78, 5) is 21.6. The summed E-state index contributed by atoms with van der Waals surface area (Å²) < 4.78 is 11.4. The Morgan fingerprint density at radius 2 is 2.06 bits per heavy atom. The lowest BCUT2D eigenvalue weighted by Crippen LogP contribution is -2.57. The predicted octanol–water partition coefficient (Wildman–Crippen LogP) is 3.99. The van der Waals surface area contributed by atoms with Gasteiger partial charge in [-0.3, -0.25) is 0 Å². The second kappa shape index (κ2) is 8.31. The minimum absolute atomic E-state index is 0.0151. The maximum Gasteiger partial charge on any atom is 0.410 e. The molecule has 31 heavy (non-hydrogen) atoms. The molecule has 4 rings (SSSR count). The largest absolute Gasteiger partial charge is 0.450 e. The minimum atomic E-state index is -0.291. The Balaban J connectivity index is 1.72. The van der Waals surface area contributed by atoms with Gasteiger partial charge < -0.3 is 19.3 Å². The molecule has 0 spiro atoms. The summed E-state index contributed by atoms with van der Waals surface area (Å²) >= 11 is 0. The van der Waals surface area contributed by atoms with Crippen molar-refractivity contribution in [3.05, 3.63) is 22.4 Å². The lowest BCUT2D eigenvalue weighted by molar-refractivity contribution is -0.0407. The second-order valence-corrected chi connectivity index (χ2v) is 9.91. The number of pyridine rings is 1. The van der Waals surface area contributed by atoms with Crippen molar-refractivity contribution < 1.29 is 14.3 Å². The van der Waals surface area contributed by atoms with Gasteiger partial charge in [0.1, 0.15) is 11.9 Å². The van der Waals surface area contributed by atoms with E-state index in [0.29, 0.717) is 44.3 Å². The van der Waals surface area contributed by atoms with Gasteiger partial charge in [-0.1, -0.05) is 13.8 Å². The van der Waals surface area contributed by atoms with E-state index in [1.165, 1.54) is 0 Å². The molecule has 2 fully saturated rings. The number of ether oxygens (including phenoxy) is 2. The van der Waals surface area contributed by atoms with Gasteiger partial charge >= 0.3 is 6.09 Å².